The van der Waals surface area contributed by atoms with Gasteiger partial charge in [0.05, 0.1) is 0 Å². The van der Waals surface area contributed by atoms with Gasteiger partial charge in [-0.3, -0.25) is 0 Å². The molecule has 0 radical (unpaired) electrons. The third kappa shape index (κ3) is 8.98. The summed E-state index contributed by atoms with van der Waals surface area (Å²) in [5, 5.41) is 0. The van der Waals surface area contributed by atoms with Gasteiger partial charge in [0.15, 0.2) is 0 Å². The maximum Gasteiger partial charge on any atom is -0.0149 e. The van der Waals surface area contributed by atoms with E-state index < -0.39 is 0 Å². The maximum atomic E-state index is 0. The Balaban J connectivity index is 0. The van der Waals surface area contributed by atoms with E-state index in [-0.39, 0.29) is 109 Å². The topological polar surface area (TPSA) is 0 Å². The van der Waals surface area contributed by atoms with Gasteiger partial charge in [0.1, 0.15) is 0 Å². The summed E-state index contributed by atoms with van der Waals surface area (Å²) in [7, 11) is 0. The summed E-state index contributed by atoms with van der Waals surface area (Å²) in [6, 6.07) is 0. The van der Waals surface area contributed by atoms with Crippen LogP contribution in [0.15, 0.2) is 0 Å². The van der Waals surface area contributed by atoms with Crippen LogP contribution >= 0.6 is 0 Å². The van der Waals surface area contributed by atoms with Crippen LogP contribution in [0.1, 0.15) is 0 Å². The fourth-order valence-corrected chi connectivity index (χ4v) is 0. The second kappa shape index (κ2) is 16.3. The first kappa shape index (κ1) is 26.7. The molecule has 0 aromatic carbocycles. The minimum absolute atomic E-state index is 0. The molecule has 0 unspecified atom stereocenters. The molecule has 0 aliphatic carbocycles. The van der Waals surface area contributed by atoms with Gasteiger partial charge in [0.25, 0.3) is 0 Å². The van der Waals surface area contributed by atoms with E-state index in [0.29, 0.717) is 0 Å². The van der Waals surface area contributed by atoms with Gasteiger partial charge in [-0.2, -0.15) is 0 Å². The van der Waals surface area contributed by atoms with Crippen LogP contribution in [-0.4, -0.2) is 109 Å². The molecule has 0 atom stereocenters. The van der Waals surface area contributed by atoms with Crippen LogP contribution in [0.2, 0.25) is 0 Å². The van der Waals surface area contributed by atoms with Gasteiger partial charge >= 0.3 is 86.6 Å². The summed E-state index contributed by atoms with van der Waals surface area (Å²) in [6.45, 7) is 0. The zero-order valence-corrected chi connectivity index (χ0v) is 0. The van der Waals surface area contributed by atoms with E-state index in [4.69, 9.17) is 0 Å². The molecule has 0 saturated heterocycles. The van der Waals surface area contributed by atoms with Crippen molar-refractivity contribution in [3.8, 4) is 0 Å². The fraction of sp³-hybridized carbons (Fsp3) is 0. The first-order valence-corrected chi connectivity index (χ1v) is 0. The van der Waals surface area contributed by atoms with Crippen LogP contribution in [0.5, 0.6) is 0 Å². The molecular weight excluding hydrogens is 234 g/mol. The molecule has 0 heterocycles. The van der Waals surface area contributed by atoms with Gasteiger partial charge < -0.3 is 0 Å². The Labute approximate surface area is 106 Å². The maximum absolute atomic E-state index is 0. The summed E-state index contributed by atoms with van der Waals surface area (Å²) in [6.07, 6.45) is 0. The Bertz CT molecular complexity index is 6.00. The molecule has 0 N–H and O–H groups in total. The van der Waals surface area contributed by atoms with Crippen molar-refractivity contribution in [1.82, 2.24) is 0 Å². The van der Waals surface area contributed by atoms with Crippen molar-refractivity contribution in [2.75, 3.05) is 0 Å². The summed E-state index contributed by atoms with van der Waals surface area (Å²) >= 11 is 0. The Morgan fingerprint density at radius 3 is 0.750 bits per heavy atom. The summed E-state index contributed by atoms with van der Waals surface area (Å²) in [5.41, 5.74) is 0. The second-order valence-corrected chi connectivity index (χ2v) is 0. The summed E-state index contributed by atoms with van der Waals surface area (Å²) in [5.74, 6) is 0. The van der Waals surface area contributed by atoms with Gasteiger partial charge in [0, 0.05) is 0 Å². The van der Waals surface area contributed by atoms with Crippen LogP contribution in [0, 0.1) is 0 Å². The molecule has 0 aliphatic heterocycles. The van der Waals surface area contributed by atoms with Crippen molar-refractivity contribution < 1.29 is 0 Å². The molecule has 4 heteroatoms. The Kier molecular flexibility index (Phi) is 109. The number of hydrogen-bond donors (Lipinski definition) is 0. The monoisotopic (exact) mass is 246 g/mol. The van der Waals surface area contributed by atoms with Crippen LogP contribution in [0.3, 0.4) is 0 Å². The third-order valence-electron chi connectivity index (χ3n) is 0. The van der Waals surface area contributed by atoms with Crippen LogP contribution in [-0.2, 0) is 0 Å². The third-order valence-corrected chi connectivity index (χ3v) is 0. The summed E-state index contributed by atoms with van der Waals surface area (Å²) in [4.78, 5) is 0. The molecule has 0 aromatic heterocycles. The minimum atomic E-state index is 0. The summed E-state index contributed by atoms with van der Waals surface area (Å²) < 4.78 is 0. The van der Waals surface area contributed by atoms with Crippen molar-refractivity contribution in [3.05, 3.63) is 0 Å². The molecule has 0 amide bonds. The molecule has 0 fully saturated rings. The molecule has 0 rings (SSSR count). The van der Waals surface area contributed by atoms with Gasteiger partial charge in [-0.15, -0.1) is 0 Å². The Morgan fingerprint density at radius 1 is 0.750 bits per heavy atom. The largest absolute Gasteiger partial charge is 0.0149 e. The van der Waals surface area contributed by atoms with Gasteiger partial charge in [-0.1, -0.05) is 0 Å². The van der Waals surface area contributed by atoms with Crippen molar-refractivity contribution in [3.63, 3.8) is 0 Å². The van der Waals surface area contributed by atoms with Gasteiger partial charge in [0.2, 0.25) is 0 Å². The van der Waals surface area contributed by atoms with Crippen molar-refractivity contribution in [1.29, 1.82) is 0 Å². The fourth-order valence-electron chi connectivity index (χ4n) is 0. The standard InChI is InChI=1S/Ba.Ca.2H4Si.4H/h;;2*1H4;;;;. The van der Waals surface area contributed by atoms with E-state index in [9.17, 15) is 0 Å². The predicted molar refractivity (Wildman–Crippen MR) is 39.8 cm³/mol. The van der Waals surface area contributed by atoms with E-state index in [0.717, 1.165) is 0 Å². The normalized spacial score (nSPS) is 0. The van der Waals surface area contributed by atoms with Crippen LogP contribution in [0.4, 0.5) is 0 Å². The van der Waals surface area contributed by atoms with E-state index >= 15 is 0 Å². The molecular formula is H12BaCaSi2. The Morgan fingerprint density at radius 2 is 0.750 bits per heavy atom. The first-order chi connectivity index (χ1) is 0. The number of rotatable bonds is 0. The zero-order chi connectivity index (χ0) is 0. The molecule has 0 aliphatic rings. The van der Waals surface area contributed by atoms with Crippen molar-refractivity contribution in [2.24, 2.45) is 0 Å². The predicted octanol–water partition coefficient (Wildman–Crippen LogP) is -4.74. The average molecular weight is 246 g/mol. The van der Waals surface area contributed by atoms with Gasteiger partial charge in [-0.05, 0) is 21.9 Å². The van der Waals surface area contributed by atoms with Gasteiger partial charge in [-0.25, -0.2) is 0 Å². The molecule has 0 saturated carbocycles. The number of hydrogen-bond acceptors (Lipinski definition) is 0. The van der Waals surface area contributed by atoms with E-state index in [2.05, 4.69) is 0 Å². The molecule has 0 spiro atoms. The van der Waals surface area contributed by atoms with E-state index in [1.165, 1.54) is 0 Å². The minimum Gasteiger partial charge on any atom is -0.0149 e. The SMILES string of the molecule is [BaH2].[CaH2].[SiH4].[SiH4]. The molecule has 4 heavy (non-hydrogen) atoms. The zero-order valence-electron chi connectivity index (χ0n) is 0. The average Bonchev–Trinajstić information content (AvgIpc) is 0. The molecule has 0 nitrogen and oxygen atoms in total. The molecule has 0 aromatic rings. The smallest absolute Gasteiger partial charge is 0.0149 e. The second-order valence-electron chi connectivity index (χ2n) is 0. The van der Waals surface area contributed by atoms with E-state index in [1.807, 2.05) is 0 Å². The van der Waals surface area contributed by atoms with Crippen LogP contribution < -0.4 is 0 Å². The van der Waals surface area contributed by atoms with Crippen molar-refractivity contribution in [2.45, 2.75) is 0 Å². The quantitative estimate of drug-likeness (QED) is 0.376. The molecule has 24 valence electrons. The first-order valence-electron chi connectivity index (χ1n) is 0. The van der Waals surface area contributed by atoms with E-state index in [1.54, 1.807) is 0 Å². The van der Waals surface area contributed by atoms with Crippen molar-refractivity contribution >= 4 is 109 Å². The Hall–Kier alpha value is 3.26. The molecule has 0 bridgehead atoms. The van der Waals surface area contributed by atoms with Crippen LogP contribution in [0.25, 0.3) is 0 Å².